The van der Waals surface area contributed by atoms with Crippen molar-refractivity contribution in [3.63, 3.8) is 0 Å². The molecule has 5 aromatic rings. The van der Waals surface area contributed by atoms with E-state index in [-0.39, 0.29) is 47.2 Å². The van der Waals surface area contributed by atoms with Crippen LogP contribution < -0.4 is 26.0 Å². The SMILES string of the molecule is NS(=O)(=O)c1ccc(NC(=O)N[C@@H]2CCN(c3nc(N[C@H](CO)Cc4ccccc4)c4ncn([C@@H]5O[C@H](c6cc(CO)no6)[C@@H](O)[C@H]5O)c4n3)C2)cc1. The molecule has 2 aliphatic heterocycles. The number of ether oxygens (including phenoxy) is 1. The first-order chi connectivity index (χ1) is 25.5. The summed E-state index contributed by atoms with van der Waals surface area (Å²) in [7, 11) is -3.87. The molecule has 0 radical (unpaired) electrons. The predicted octanol–water partition coefficient (Wildman–Crippen LogP) is 0.362. The summed E-state index contributed by atoms with van der Waals surface area (Å²) in [6.45, 7) is 0.181. The fraction of sp³-hybridized carbons (Fsp3) is 0.364. The lowest BCUT2D eigenvalue weighted by Crippen LogP contribution is -2.40. The second-order valence-corrected chi connectivity index (χ2v) is 14.4. The monoisotopic (exact) mass is 750 g/mol. The van der Waals surface area contributed by atoms with Gasteiger partial charge in [0.2, 0.25) is 16.0 Å². The van der Waals surface area contributed by atoms with Crippen LogP contribution in [0.1, 0.15) is 35.8 Å². The first-order valence-electron chi connectivity index (χ1n) is 16.7. The van der Waals surface area contributed by atoms with E-state index in [4.69, 9.17) is 24.4 Å². The van der Waals surface area contributed by atoms with Gasteiger partial charge in [0.25, 0.3) is 0 Å². The minimum absolute atomic E-state index is 0.0797. The third kappa shape index (κ3) is 7.78. The highest BCUT2D eigenvalue weighted by Crippen LogP contribution is 2.40. The van der Waals surface area contributed by atoms with Gasteiger partial charge < -0.3 is 50.5 Å². The molecule has 2 saturated heterocycles. The molecule has 0 bridgehead atoms. The Morgan fingerprint density at radius 2 is 1.83 bits per heavy atom. The molecule has 3 aromatic heterocycles. The Hall–Kier alpha value is -5.22. The van der Waals surface area contributed by atoms with Crippen LogP contribution in [0.3, 0.4) is 0 Å². The van der Waals surface area contributed by atoms with Crippen LogP contribution in [0.5, 0.6) is 0 Å². The van der Waals surface area contributed by atoms with Crippen molar-refractivity contribution in [2.24, 2.45) is 5.14 Å². The molecule has 19 nitrogen and oxygen atoms in total. The minimum Gasteiger partial charge on any atom is -0.394 e. The number of amides is 2. The minimum atomic E-state index is -3.87. The van der Waals surface area contributed by atoms with Crippen molar-refractivity contribution < 1.29 is 42.9 Å². The fourth-order valence-corrected chi connectivity index (χ4v) is 6.90. The Kier molecular flexibility index (Phi) is 10.2. The molecule has 2 amide bonds. The zero-order chi connectivity index (χ0) is 37.3. The van der Waals surface area contributed by atoms with Gasteiger partial charge in [0, 0.05) is 30.9 Å². The number of benzene rings is 2. The number of imidazole rings is 1. The van der Waals surface area contributed by atoms with Crippen molar-refractivity contribution in [2.75, 3.05) is 35.2 Å². The van der Waals surface area contributed by atoms with Crippen LogP contribution in [0.4, 0.5) is 22.2 Å². The second-order valence-electron chi connectivity index (χ2n) is 12.8. The summed E-state index contributed by atoms with van der Waals surface area (Å²) in [6.07, 6.45) is -2.69. The molecule has 6 atom stereocenters. The summed E-state index contributed by atoms with van der Waals surface area (Å²) in [4.78, 5) is 28.8. The molecule has 9 N–H and O–H groups in total. The third-order valence-electron chi connectivity index (χ3n) is 9.07. The number of hydrogen-bond donors (Lipinski definition) is 8. The summed E-state index contributed by atoms with van der Waals surface area (Å²) in [6, 6.07) is 15.2. The van der Waals surface area contributed by atoms with Gasteiger partial charge in [-0.25, -0.2) is 23.3 Å². The number of aliphatic hydroxyl groups excluding tert-OH is 4. The lowest BCUT2D eigenvalue weighted by Gasteiger charge is -2.22. The number of carbonyl (C=O) groups excluding carboxylic acids is 1. The van der Waals surface area contributed by atoms with Gasteiger partial charge in [-0.1, -0.05) is 35.5 Å². The van der Waals surface area contributed by atoms with Crippen molar-refractivity contribution in [1.29, 1.82) is 0 Å². The number of nitrogens with two attached hydrogens (primary N) is 1. The number of sulfonamides is 1. The molecule has 2 fully saturated rings. The van der Waals surface area contributed by atoms with E-state index >= 15 is 0 Å². The topological polar surface area (TPSA) is 276 Å². The Bertz CT molecular complexity index is 2170. The molecule has 20 heteroatoms. The summed E-state index contributed by atoms with van der Waals surface area (Å²) in [5.41, 5.74) is 2.17. The Labute approximate surface area is 302 Å². The summed E-state index contributed by atoms with van der Waals surface area (Å²) in [5.74, 6) is 0.703. The second kappa shape index (κ2) is 15.0. The smallest absolute Gasteiger partial charge is 0.319 e. The summed E-state index contributed by atoms with van der Waals surface area (Å²) >= 11 is 0. The number of urea groups is 1. The lowest BCUT2D eigenvalue weighted by molar-refractivity contribution is -0.0434. The first kappa shape index (κ1) is 36.2. The maximum atomic E-state index is 12.8. The predicted molar refractivity (Wildman–Crippen MR) is 188 cm³/mol. The van der Waals surface area contributed by atoms with Gasteiger partial charge in [0.1, 0.15) is 24.0 Å². The van der Waals surface area contributed by atoms with E-state index in [9.17, 15) is 33.6 Å². The Balaban J connectivity index is 1.14. The van der Waals surface area contributed by atoms with Gasteiger partial charge >= 0.3 is 6.03 Å². The van der Waals surface area contributed by atoms with Gasteiger partial charge in [-0.15, -0.1) is 0 Å². The summed E-state index contributed by atoms with van der Waals surface area (Å²) in [5, 5.41) is 59.6. The number of nitrogens with one attached hydrogen (secondary N) is 3. The number of aromatic nitrogens is 5. The van der Waals surface area contributed by atoms with Crippen molar-refractivity contribution in [3.8, 4) is 0 Å². The zero-order valence-electron chi connectivity index (χ0n) is 28.1. The van der Waals surface area contributed by atoms with Crippen LogP contribution in [0.25, 0.3) is 11.2 Å². The average Bonchev–Trinajstić information content (AvgIpc) is 3.96. The fourth-order valence-electron chi connectivity index (χ4n) is 6.39. The lowest BCUT2D eigenvalue weighted by atomic mass is 10.1. The van der Waals surface area contributed by atoms with Crippen LogP contribution in [0.15, 0.2) is 76.4 Å². The molecule has 280 valence electrons. The number of fused-ring (bicyclic) bond motifs is 1. The van der Waals surface area contributed by atoms with Crippen LogP contribution in [-0.4, -0.2) is 104 Å². The van der Waals surface area contributed by atoms with E-state index in [1.807, 2.05) is 35.2 Å². The molecule has 5 heterocycles. The summed E-state index contributed by atoms with van der Waals surface area (Å²) < 4.78 is 35.9. The highest BCUT2D eigenvalue weighted by Gasteiger charge is 2.47. The standard InChI is InChI=1S/C33H38N10O9S/c34-53(49,50)23-8-6-19(7-9-23)37-33(48)38-20-10-11-42(14-20)32-39-29(36-21(15-44)12-18-4-2-1-3-5-18)25-30(40-32)43(17-35-25)31-27(47)26(46)28(51-31)24-13-22(16-45)41-52-24/h1-9,13,17,20-21,26-28,31,44-47H,10-12,14-16H2,(H2,34,49,50)(H,36,39,40)(H2,37,38,48)/t20-,21+,26+,27-,28-,31-/m1/s1. The molecular formula is C33H38N10O9S. The number of hydrogen-bond acceptors (Lipinski definition) is 15. The molecule has 7 rings (SSSR count). The molecule has 2 aliphatic rings. The van der Waals surface area contributed by atoms with Crippen LogP contribution in [0, 0.1) is 0 Å². The third-order valence-corrected chi connectivity index (χ3v) is 10.0. The van der Waals surface area contributed by atoms with E-state index in [1.165, 1.54) is 41.2 Å². The first-order valence-corrected chi connectivity index (χ1v) is 18.2. The number of aliphatic hydroxyl groups is 4. The van der Waals surface area contributed by atoms with Crippen molar-refractivity contribution in [2.45, 2.75) is 61.0 Å². The maximum absolute atomic E-state index is 12.8. The van der Waals surface area contributed by atoms with Gasteiger partial charge in [0.05, 0.1) is 30.5 Å². The highest BCUT2D eigenvalue weighted by molar-refractivity contribution is 7.89. The van der Waals surface area contributed by atoms with Crippen molar-refractivity contribution >= 4 is 44.7 Å². The Morgan fingerprint density at radius 3 is 2.53 bits per heavy atom. The van der Waals surface area contributed by atoms with Gasteiger partial charge in [-0.2, -0.15) is 9.97 Å². The van der Waals surface area contributed by atoms with Crippen LogP contribution in [0.2, 0.25) is 0 Å². The zero-order valence-corrected chi connectivity index (χ0v) is 28.9. The molecule has 2 aromatic carbocycles. The highest BCUT2D eigenvalue weighted by atomic mass is 32.2. The number of rotatable bonds is 12. The number of primary sulfonamides is 1. The van der Waals surface area contributed by atoms with Crippen molar-refractivity contribution in [3.05, 3.63) is 84.0 Å². The molecule has 0 spiro atoms. The van der Waals surface area contributed by atoms with E-state index in [0.717, 1.165) is 5.56 Å². The van der Waals surface area contributed by atoms with E-state index in [1.54, 1.807) is 0 Å². The van der Waals surface area contributed by atoms with Gasteiger partial charge in [-0.05, 0) is 42.7 Å². The van der Waals surface area contributed by atoms with Crippen molar-refractivity contribution in [1.82, 2.24) is 30.0 Å². The molecule has 0 unspecified atom stereocenters. The molecule has 0 saturated carbocycles. The normalized spacial score (nSPS) is 22.3. The maximum Gasteiger partial charge on any atom is 0.319 e. The quantitative estimate of drug-likeness (QED) is 0.0855. The largest absolute Gasteiger partial charge is 0.394 e. The molecular weight excluding hydrogens is 712 g/mol. The van der Waals surface area contributed by atoms with Crippen LogP contribution in [-0.2, 0) is 27.8 Å². The van der Waals surface area contributed by atoms with Gasteiger partial charge in [0.15, 0.2) is 29.0 Å². The molecule has 53 heavy (non-hydrogen) atoms. The number of anilines is 3. The van der Waals surface area contributed by atoms with E-state index in [2.05, 4.69) is 26.1 Å². The number of carbonyl (C=O) groups is 1. The average molecular weight is 751 g/mol. The Morgan fingerprint density at radius 1 is 1.06 bits per heavy atom. The van der Waals surface area contributed by atoms with E-state index < -0.39 is 46.6 Å². The van der Waals surface area contributed by atoms with E-state index in [0.29, 0.717) is 43.0 Å². The van der Waals surface area contributed by atoms with Gasteiger partial charge in [-0.3, -0.25) is 4.57 Å². The van der Waals surface area contributed by atoms with Crippen LogP contribution >= 0.6 is 0 Å². The molecule has 0 aliphatic carbocycles. The number of nitrogens with zero attached hydrogens (tertiary/aromatic N) is 6.